The molecular weight excluding hydrogens is 431 g/mol. The van der Waals surface area contributed by atoms with Crippen molar-refractivity contribution in [1.29, 1.82) is 0 Å². The smallest absolute Gasteiger partial charge is 0.423 e. The minimum Gasteiger partial charge on any atom is -0.423 e. The monoisotopic (exact) mass is 452 g/mol. The van der Waals surface area contributed by atoms with Crippen molar-refractivity contribution in [2.24, 2.45) is 0 Å². The molecule has 0 bridgehead atoms. The van der Waals surface area contributed by atoms with Crippen LogP contribution in [0.1, 0.15) is 11.1 Å². The van der Waals surface area contributed by atoms with Gasteiger partial charge in [0, 0.05) is 11.8 Å². The number of benzene rings is 3. The fraction of sp³-hybridized carbons (Fsp3) is 0.0455. The van der Waals surface area contributed by atoms with Gasteiger partial charge in [0.25, 0.3) is 15.9 Å². The van der Waals surface area contributed by atoms with Crippen LogP contribution < -0.4 is 15.7 Å². The summed E-state index contributed by atoms with van der Waals surface area (Å²) in [7, 11) is -5.31. The number of hydroxylamine groups is 1. The molecule has 0 aliphatic carbocycles. The number of carbonyl (C=O) groups excluding carboxylic acids is 1. The Morgan fingerprint density at radius 1 is 0.969 bits per heavy atom. The van der Waals surface area contributed by atoms with Gasteiger partial charge in [-0.3, -0.25) is 14.4 Å². The molecule has 0 spiro atoms. The van der Waals surface area contributed by atoms with E-state index in [4.69, 9.17) is 14.9 Å². The summed E-state index contributed by atoms with van der Waals surface area (Å²) in [6.45, 7) is 0.0836. The lowest BCUT2D eigenvalue weighted by Gasteiger charge is -2.08. The fourth-order valence-electron chi connectivity index (χ4n) is 2.69. The van der Waals surface area contributed by atoms with Crippen molar-refractivity contribution >= 4 is 40.3 Å². The second-order valence-electron chi connectivity index (χ2n) is 6.75. The van der Waals surface area contributed by atoms with Crippen LogP contribution in [0, 0.1) is 0 Å². The molecule has 32 heavy (non-hydrogen) atoms. The molecule has 0 atom stereocenters. The van der Waals surface area contributed by atoms with E-state index in [1.807, 2.05) is 0 Å². The highest BCUT2D eigenvalue weighted by Gasteiger charge is 2.14. The Bertz CT molecular complexity index is 1180. The van der Waals surface area contributed by atoms with E-state index in [1.165, 1.54) is 24.3 Å². The number of anilines is 1. The van der Waals surface area contributed by atoms with Gasteiger partial charge in [0.1, 0.15) is 0 Å². The van der Waals surface area contributed by atoms with E-state index < -0.39 is 23.0 Å². The molecule has 0 aromatic heterocycles. The number of hydrogen-bond donors (Lipinski definition) is 4. The van der Waals surface area contributed by atoms with Crippen molar-refractivity contribution in [2.75, 3.05) is 4.72 Å². The van der Waals surface area contributed by atoms with Crippen LogP contribution in [0.3, 0.4) is 0 Å². The molecule has 0 aliphatic rings. The van der Waals surface area contributed by atoms with Crippen LogP contribution >= 0.6 is 0 Å². The summed E-state index contributed by atoms with van der Waals surface area (Å²) in [5, 5.41) is 18.1. The normalized spacial score (nSPS) is 11.3. The Morgan fingerprint density at radius 3 is 2.38 bits per heavy atom. The predicted octanol–water partition coefficient (Wildman–Crippen LogP) is 1.43. The SMILES string of the molecule is O=C(C=Cc1cccc(S(=O)(=O)Nc2ccccc2)c1)NOCc1ccc(B(O)O)cc1. The minimum absolute atomic E-state index is 0.0663. The lowest BCUT2D eigenvalue weighted by atomic mass is 9.80. The summed E-state index contributed by atoms with van der Waals surface area (Å²) < 4.78 is 27.6. The highest BCUT2D eigenvalue weighted by atomic mass is 32.2. The predicted molar refractivity (Wildman–Crippen MR) is 122 cm³/mol. The van der Waals surface area contributed by atoms with Gasteiger partial charge >= 0.3 is 7.12 Å². The first kappa shape index (κ1) is 23.2. The van der Waals surface area contributed by atoms with Crippen LogP contribution in [0.5, 0.6) is 0 Å². The lowest BCUT2D eigenvalue weighted by molar-refractivity contribution is -0.129. The van der Waals surface area contributed by atoms with Crippen molar-refractivity contribution in [3.63, 3.8) is 0 Å². The minimum atomic E-state index is -3.77. The first-order chi connectivity index (χ1) is 15.3. The van der Waals surface area contributed by atoms with E-state index >= 15 is 0 Å². The van der Waals surface area contributed by atoms with Crippen molar-refractivity contribution in [3.05, 3.63) is 96.1 Å². The van der Waals surface area contributed by atoms with E-state index in [2.05, 4.69) is 10.2 Å². The standard InChI is InChI=1S/C22H21BN2O6S/c26-22(24-31-16-18-9-12-19(13-10-18)23(27)28)14-11-17-5-4-8-21(15-17)32(29,30)25-20-6-2-1-3-7-20/h1-15,25,27-28H,16H2,(H,24,26). The number of hydrogen-bond acceptors (Lipinski definition) is 6. The van der Waals surface area contributed by atoms with E-state index in [1.54, 1.807) is 66.7 Å². The Hall–Kier alpha value is -3.44. The van der Waals surface area contributed by atoms with E-state index in [-0.39, 0.29) is 11.5 Å². The zero-order valence-corrected chi connectivity index (χ0v) is 17.7. The molecule has 0 fully saturated rings. The van der Waals surface area contributed by atoms with Crippen LogP contribution in [-0.4, -0.2) is 31.5 Å². The molecule has 0 saturated carbocycles. The van der Waals surface area contributed by atoms with Crippen LogP contribution in [0.4, 0.5) is 5.69 Å². The van der Waals surface area contributed by atoms with E-state index in [0.717, 1.165) is 5.56 Å². The summed E-state index contributed by atoms with van der Waals surface area (Å²) in [6, 6.07) is 21.1. The maximum atomic E-state index is 12.6. The van der Waals surface area contributed by atoms with Gasteiger partial charge in [-0.1, -0.05) is 54.6 Å². The maximum Gasteiger partial charge on any atom is 0.488 e. The summed E-state index contributed by atoms with van der Waals surface area (Å²) in [5.74, 6) is -0.525. The Kier molecular flexibility index (Phi) is 7.80. The Balaban J connectivity index is 1.55. The van der Waals surface area contributed by atoms with Gasteiger partial charge in [0.15, 0.2) is 0 Å². The van der Waals surface area contributed by atoms with Crippen LogP contribution in [-0.2, 0) is 26.3 Å². The number of rotatable bonds is 9. The van der Waals surface area contributed by atoms with Crippen molar-refractivity contribution in [3.8, 4) is 0 Å². The molecule has 4 N–H and O–H groups in total. The lowest BCUT2D eigenvalue weighted by Crippen LogP contribution is -2.29. The third-order valence-electron chi connectivity index (χ3n) is 4.31. The molecule has 3 aromatic rings. The molecule has 0 radical (unpaired) electrons. The Labute approximate surface area is 186 Å². The van der Waals surface area contributed by atoms with Gasteiger partial charge in [-0.15, -0.1) is 0 Å². The van der Waals surface area contributed by atoms with Crippen molar-refractivity contribution in [2.45, 2.75) is 11.5 Å². The second-order valence-corrected chi connectivity index (χ2v) is 8.43. The van der Waals surface area contributed by atoms with E-state index in [9.17, 15) is 13.2 Å². The highest BCUT2D eigenvalue weighted by molar-refractivity contribution is 7.92. The molecule has 3 rings (SSSR count). The summed E-state index contributed by atoms with van der Waals surface area (Å²) in [4.78, 5) is 17.2. The molecule has 164 valence electrons. The molecule has 0 unspecified atom stereocenters. The first-order valence-electron chi connectivity index (χ1n) is 9.56. The fourth-order valence-corrected chi connectivity index (χ4v) is 3.80. The third-order valence-corrected chi connectivity index (χ3v) is 5.69. The average molecular weight is 452 g/mol. The average Bonchev–Trinajstić information content (AvgIpc) is 2.79. The highest BCUT2D eigenvalue weighted by Crippen LogP contribution is 2.17. The van der Waals surface area contributed by atoms with Gasteiger partial charge in [-0.2, -0.15) is 0 Å². The zero-order valence-electron chi connectivity index (χ0n) is 16.9. The van der Waals surface area contributed by atoms with Crippen molar-refractivity contribution in [1.82, 2.24) is 5.48 Å². The summed E-state index contributed by atoms with van der Waals surface area (Å²) in [6.07, 6.45) is 2.69. The molecule has 0 heterocycles. The number of nitrogens with one attached hydrogen (secondary N) is 2. The summed E-state index contributed by atoms with van der Waals surface area (Å²) in [5.41, 5.74) is 4.31. The molecule has 3 aromatic carbocycles. The van der Waals surface area contributed by atoms with Crippen LogP contribution in [0.25, 0.3) is 6.08 Å². The van der Waals surface area contributed by atoms with Gasteiger partial charge in [0.2, 0.25) is 0 Å². The van der Waals surface area contributed by atoms with Gasteiger partial charge < -0.3 is 10.0 Å². The summed E-state index contributed by atoms with van der Waals surface area (Å²) >= 11 is 0. The van der Waals surface area contributed by atoms with Gasteiger partial charge in [-0.05, 0) is 46.9 Å². The number of para-hydroxylation sites is 1. The van der Waals surface area contributed by atoms with Crippen LogP contribution in [0.2, 0.25) is 0 Å². The van der Waals surface area contributed by atoms with Crippen molar-refractivity contribution < 1.29 is 28.1 Å². The van der Waals surface area contributed by atoms with E-state index in [0.29, 0.717) is 16.7 Å². The third kappa shape index (κ3) is 6.79. The molecule has 0 saturated heterocycles. The van der Waals surface area contributed by atoms with Gasteiger partial charge in [0.05, 0.1) is 11.5 Å². The number of amides is 1. The van der Waals surface area contributed by atoms with Crippen LogP contribution in [0.15, 0.2) is 89.8 Å². The number of carbonyl (C=O) groups is 1. The maximum absolute atomic E-state index is 12.6. The molecular formula is C22H21BN2O6S. The largest absolute Gasteiger partial charge is 0.488 e. The molecule has 8 nitrogen and oxygen atoms in total. The second kappa shape index (κ2) is 10.7. The molecule has 1 amide bonds. The molecule has 10 heteroatoms. The number of sulfonamides is 1. The molecule has 0 aliphatic heterocycles. The Morgan fingerprint density at radius 2 is 1.69 bits per heavy atom. The quantitative estimate of drug-likeness (QED) is 0.221. The first-order valence-corrected chi connectivity index (χ1v) is 11.0. The topological polar surface area (TPSA) is 125 Å². The van der Waals surface area contributed by atoms with Gasteiger partial charge in [-0.25, -0.2) is 13.9 Å². The zero-order chi connectivity index (χ0) is 23.0.